The summed E-state index contributed by atoms with van der Waals surface area (Å²) in [5.74, 6) is 0.0396. The Bertz CT molecular complexity index is 317. The molecule has 0 saturated heterocycles. The minimum atomic E-state index is -2.60. The maximum Gasteiger partial charge on any atom is 0.492 e. The Kier molecular flexibility index (Phi) is 3.43. The molecule has 1 aromatic carbocycles. The zero-order valence-corrected chi connectivity index (χ0v) is 7.45. The average Bonchev–Trinajstić information content (AvgIpc) is 2.16. The molecule has 0 amide bonds. The molecular formula is C8H9BF2O3. The Morgan fingerprint density at radius 2 is 2.00 bits per heavy atom. The van der Waals surface area contributed by atoms with Crippen LogP contribution in [0, 0.1) is 0 Å². The highest BCUT2D eigenvalue weighted by Gasteiger charge is 2.18. The molecule has 0 unspecified atom stereocenters. The molecule has 0 fully saturated rings. The molecular weight excluding hydrogens is 193 g/mol. The molecule has 6 heteroatoms. The molecule has 0 atom stereocenters. The summed E-state index contributed by atoms with van der Waals surface area (Å²) in [4.78, 5) is 0. The SMILES string of the molecule is COc1cc(C(F)F)ccc1B(O)O. The predicted molar refractivity (Wildman–Crippen MR) is 47.8 cm³/mol. The largest absolute Gasteiger partial charge is 0.497 e. The molecule has 0 aromatic heterocycles. The van der Waals surface area contributed by atoms with E-state index in [-0.39, 0.29) is 16.8 Å². The van der Waals surface area contributed by atoms with Crippen molar-refractivity contribution in [1.82, 2.24) is 0 Å². The molecule has 1 aromatic rings. The van der Waals surface area contributed by atoms with Gasteiger partial charge in [-0.05, 0) is 6.07 Å². The van der Waals surface area contributed by atoms with E-state index in [4.69, 9.17) is 14.8 Å². The lowest BCUT2D eigenvalue weighted by Gasteiger charge is -2.09. The zero-order chi connectivity index (χ0) is 10.7. The van der Waals surface area contributed by atoms with Gasteiger partial charge < -0.3 is 14.8 Å². The third-order valence-electron chi connectivity index (χ3n) is 1.79. The predicted octanol–water partition coefficient (Wildman–Crippen LogP) is 0.313. The quantitative estimate of drug-likeness (QED) is 0.693. The van der Waals surface area contributed by atoms with Crippen molar-refractivity contribution >= 4 is 12.6 Å². The van der Waals surface area contributed by atoms with Crippen LogP contribution in [-0.4, -0.2) is 24.3 Å². The van der Waals surface area contributed by atoms with Gasteiger partial charge in [-0.1, -0.05) is 12.1 Å². The van der Waals surface area contributed by atoms with Crippen molar-refractivity contribution in [2.45, 2.75) is 6.43 Å². The fourth-order valence-corrected chi connectivity index (χ4v) is 1.08. The number of hydrogen-bond acceptors (Lipinski definition) is 3. The van der Waals surface area contributed by atoms with Gasteiger partial charge in [0.2, 0.25) is 0 Å². The third-order valence-corrected chi connectivity index (χ3v) is 1.79. The van der Waals surface area contributed by atoms with Crippen LogP contribution < -0.4 is 10.2 Å². The van der Waals surface area contributed by atoms with Crippen molar-refractivity contribution in [2.24, 2.45) is 0 Å². The number of alkyl halides is 2. The fourth-order valence-electron chi connectivity index (χ4n) is 1.08. The Hall–Kier alpha value is -1.14. The summed E-state index contributed by atoms with van der Waals surface area (Å²) in [6.45, 7) is 0. The summed E-state index contributed by atoms with van der Waals surface area (Å²) in [6, 6.07) is 3.41. The maximum atomic E-state index is 12.2. The fraction of sp³-hybridized carbons (Fsp3) is 0.250. The maximum absolute atomic E-state index is 12.2. The third kappa shape index (κ3) is 2.21. The zero-order valence-electron chi connectivity index (χ0n) is 7.45. The molecule has 2 N–H and O–H groups in total. The lowest BCUT2D eigenvalue weighted by Crippen LogP contribution is -2.31. The van der Waals surface area contributed by atoms with Gasteiger partial charge in [0.1, 0.15) is 5.75 Å². The summed E-state index contributed by atoms with van der Waals surface area (Å²) in [5, 5.41) is 17.7. The van der Waals surface area contributed by atoms with E-state index in [1.165, 1.54) is 13.2 Å². The van der Waals surface area contributed by atoms with Gasteiger partial charge >= 0.3 is 7.12 Å². The van der Waals surface area contributed by atoms with E-state index in [2.05, 4.69) is 0 Å². The first-order valence-electron chi connectivity index (χ1n) is 3.88. The van der Waals surface area contributed by atoms with Gasteiger partial charge in [-0.3, -0.25) is 0 Å². The average molecular weight is 202 g/mol. The summed E-state index contributed by atoms with van der Waals surface area (Å²) in [5.41, 5.74) is -0.150. The second kappa shape index (κ2) is 4.39. The lowest BCUT2D eigenvalue weighted by atomic mass is 9.79. The van der Waals surface area contributed by atoms with Gasteiger partial charge in [0.05, 0.1) is 7.11 Å². The Labute approximate surface area is 80.1 Å². The highest BCUT2D eigenvalue weighted by atomic mass is 19.3. The minimum Gasteiger partial charge on any atom is -0.497 e. The topological polar surface area (TPSA) is 49.7 Å². The molecule has 0 aliphatic rings. The van der Waals surface area contributed by atoms with E-state index in [1.807, 2.05) is 0 Å². The van der Waals surface area contributed by atoms with Gasteiger partial charge in [-0.2, -0.15) is 0 Å². The van der Waals surface area contributed by atoms with Crippen LogP contribution in [0.1, 0.15) is 12.0 Å². The van der Waals surface area contributed by atoms with Gasteiger partial charge in [0.25, 0.3) is 6.43 Å². The van der Waals surface area contributed by atoms with E-state index in [1.54, 1.807) is 0 Å². The molecule has 0 aliphatic heterocycles. The van der Waals surface area contributed by atoms with E-state index >= 15 is 0 Å². The molecule has 0 bridgehead atoms. The van der Waals surface area contributed by atoms with E-state index in [9.17, 15) is 8.78 Å². The van der Waals surface area contributed by atoms with Gasteiger partial charge in [0, 0.05) is 11.0 Å². The number of hydrogen-bond donors (Lipinski definition) is 2. The Balaban J connectivity index is 3.11. The summed E-state index contributed by atoms with van der Waals surface area (Å²) in [7, 11) is -0.451. The summed E-state index contributed by atoms with van der Waals surface area (Å²) in [6.07, 6.45) is -2.60. The molecule has 0 aliphatic carbocycles. The van der Waals surface area contributed by atoms with E-state index in [0.29, 0.717) is 0 Å². The highest BCUT2D eigenvalue weighted by molar-refractivity contribution is 6.59. The standard InChI is InChI=1S/C8H9BF2O3/c1-14-7-4-5(8(10)11)2-3-6(7)9(12)13/h2-4,8,12-13H,1H3. The molecule has 0 saturated carbocycles. The van der Waals surface area contributed by atoms with Crippen LogP contribution in [0.2, 0.25) is 0 Å². The molecule has 1 rings (SSSR count). The first-order valence-corrected chi connectivity index (χ1v) is 3.88. The van der Waals surface area contributed by atoms with E-state index in [0.717, 1.165) is 12.1 Å². The Morgan fingerprint density at radius 1 is 1.36 bits per heavy atom. The van der Waals surface area contributed by atoms with Crippen molar-refractivity contribution in [2.75, 3.05) is 7.11 Å². The summed E-state index contributed by atoms with van der Waals surface area (Å²) < 4.78 is 29.2. The molecule has 14 heavy (non-hydrogen) atoms. The van der Waals surface area contributed by atoms with Crippen molar-refractivity contribution in [3.63, 3.8) is 0 Å². The van der Waals surface area contributed by atoms with Crippen molar-refractivity contribution < 1.29 is 23.6 Å². The van der Waals surface area contributed by atoms with Gasteiger partial charge in [-0.15, -0.1) is 0 Å². The van der Waals surface area contributed by atoms with Crippen LogP contribution in [0.4, 0.5) is 8.78 Å². The van der Waals surface area contributed by atoms with Crippen LogP contribution in [-0.2, 0) is 0 Å². The smallest absolute Gasteiger partial charge is 0.492 e. The number of halogens is 2. The monoisotopic (exact) mass is 202 g/mol. The molecule has 0 radical (unpaired) electrons. The molecule has 76 valence electrons. The van der Waals surface area contributed by atoms with Crippen molar-refractivity contribution in [3.8, 4) is 5.75 Å². The number of methoxy groups -OCH3 is 1. The minimum absolute atomic E-state index is 0.0396. The van der Waals surface area contributed by atoms with E-state index < -0.39 is 13.5 Å². The van der Waals surface area contributed by atoms with Gasteiger partial charge in [-0.25, -0.2) is 8.78 Å². The molecule has 0 heterocycles. The van der Waals surface area contributed by atoms with Crippen LogP contribution >= 0.6 is 0 Å². The number of ether oxygens (including phenoxy) is 1. The molecule has 3 nitrogen and oxygen atoms in total. The van der Waals surface area contributed by atoms with Crippen molar-refractivity contribution in [3.05, 3.63) is 23.8 Å². The first kappa shape index (κ1) is 10.9. The van der Waals surface area contributed by atoms with Crippen LogP contribution in [0.5, 0.6) is 5.75 Å². The van der Waals surface area contributed by atoms with Gasteiger partial charge in [0.15, 0.2) is 0 Å². The van der Waals surface area contributed by atoms with Crippen LogP contribution in [0.15, 0.2) is 18.2 Å². The van der Waals surface area contributed by atoms with Crippen LogP contribution in [0.3, 0.4) is 0 Å². The second-order valence-electron chi connectivity index (χ2n) is 2.68. The normalized spacial score (nSPS) is 10.4. The second-order valence-corrected chi connectivity index (χ2v) is 2.68. The Morgan fingerprint density at radius 3 is 2.43 bits per heavy atom. The molecule has 0 spiro atoms. The van der Waals surface area contributed by atoms with Crippen molar-refractivity contribution in [1.29, 1.82) is 0 Å². The number of rotatable bonds is 3. The summed E-state index contributed by atoms with van der Waals surface area (Å²) >= 11 is 0. The number of benzene rings is 1. The van der Waals surface area contributed by atoms with Crippen LogP contribution in [0.25, 0.3) is 0 Å². The highest BCUT2D eigenvalue weighted by Crippen LogP contribution is 2.21. The first-order chi connectivity index (χ1) is 6.56. The lowest BCUT2D eigenvalue weighted by molar-refractivity contribution is 0.151.